The van der Waals surface area contributed by atoms with Gasteiger partial charge in [0.1, 0.15) is 0 Å². The van der Waals surface area contributed by atoms with Crippen molar-refractivity contribution in [2.24, 2.45) is 0 Å². The summed E-state index contributed by atoms with van der Waals surface area (Å²) >= 11 is 0. The van der Waals surface area contributed by atoms with Crippen LogP contribution in [-0.2, 0) is 0 Å². The van der Waals surface area contributed by atoms with Crippen molar-refractivity contribution in [3.05, 3.63) is 6.42 Å². The molecule has 0 fully saturated rings. The quantitative estimate of drug-likeness (QED) is 0.422. The third kappa shape index (κ3) is 7.06. The van der Waals surface area contributed by atoms with E-state index in [4.69, 9.17) is 0 Å². The highest BCUT2D eigenvalue weighted by Gasteiger charge is 2.16. The molecule has 1 radical (unpaired) electrons. The fourth-order valence-electron chi connectivity index (χ4n) is 1.29. The Hall–Kier alpha value is -0.0400. The van der Waals surface area contributed by atoms with Crippen molar-refractivity contribution >= 4 is 0 Å². The molecule has 0 spiro atoms. The molecule has 1 heteroatoms. The van der Waals surface area contributed by atoms with Crippen molar-refractivity contribution < 1.29 is 4.48 Å². The van der Waals surface area contributed by atoms with Crippen LogP contribution in [0.5, 0.6) is 0 Å². The van der Waals surface area contributed by atoms with E-state index in [0.29, 0.717) is 0 Å². The normalized spacial score (nSPS) is 14.5. The molecule has 0 aliphatic heterocycles. The maximum atomic E-state index is 2.43. The van der Waals surface area contributed by atoms with Crippen molar-refractivity contribution in [2.75, 3.05) is 21.1 Å². The van der Waals surface area contributed by atoms with E-state index in [1.165, 1.54) is 32.1 Å². The Bertz CT molecular complexity index is 113. The lowest BCUT2D eigenvalue weighted by Gasteiger charge is -2.31. The first-order valence-electron chi connectivity index (χ1n) is 5.61. The van der Waals surface area contributed by atoms with Crippen LogP contribution in [0.2, 0.25) is 0 Å². The molecule has 0 aromatic rings. The van der Waals surface area contributed by atoms with Crippen LogP contribution in [0.25, 0.3) is 0 Å². The van der Waals surface area contributed by atoms with Gasteiger partial charge in [0.15, 0.2) is 0 Å². The first-order valence-corrected chi connectivity index (χ1v) is 5.61. The van der Waals surface area contributed by atoms with Crippen LogP contribution in [0, 0.1) is 6.42 Å². The van der Waals surface area contributed by atoms with Gasteiger partial charge in [0, 0.05) is 0 Å². The minimum atomic E-state index is 0.787. The lowest BCUT2D eigenvalue weighted by atomic mass is 10.1. The highest BCUT2D eigenvalue weighted by atomic mass is 15.3. The number of hydrogen-bond donors (Lipinski definition) is 0. The van der Waals surface area contributed by atoms with Crippen LogP contribution in [-0.4, -0.2) is 31.7 Å². The summed E-state index contributed by atoms with van der Waals surface area (Å²) in [4.78, 5) is 0. The molecule has 1 nitrogen and oxygen atoms in total. The Morgan fingerprint density at radius 3 is 2.23 bits per heavy atom. The van der Waals surface area contributed by atoms with Gasteiger partial charge in [-0.25, -0.2) is 0 Å². The zero-order chi connectivity index (χ0) is 10.3. The summed E-state index contributed by atoms with van der Waals surface area (Å²) in [6.07, 6.45) is 9.03. The summed E-state index contributed by atoms with van der Waals surface area (Å²) in [5, 5.41) is 0. The topological polar surface area (TPSA) is 0 Å². The molecular weight excluding hydrogens is 158 g/mol. The largest absolute Gasteiger partial charge is 0.329 e. The van der Waals surface area contributed by atoms with Gasteiger partial charge in [-0.1, -0.05) is 19.8 Å². The Labute approximate surface area is 84.7 Å². The SMILES string of the molecule is CCC[CH]CCCC(C)[N+](C)(C)C. The van der Waals surface area contributed by atoms with Crippen molar-refractivity contribution in [1.29, 1.82) is 0 Å². The van der Waals surface area contributed by atoms with Gasteiger partial charge in [0.05, 0.1) is 27.2 Å². The molecule has 1 atom stereocenters. The maximum absolute atomic E-state index is 2.43. The minimum Gasteiger partial charge on any atom is -0.329 e. The van der Waals surface area contributed by atoms with Crippen LogP contribution in [0.1, 0.15) is 46.0 Å². The van der Waals surface area contributed by atoms with Crippen molar-refractivity contribution in [3.63, 3.8) is 0 Å². The Balaban J connectivity index is 3.32. The van der Waals surface area contributed by atoms with E-state index in [9.17, 15) is 0 Å². The van der Waals surface area contributed by atoms with E-state index >= 15 is 0 Å². The lowest BCUT2D eigenvalue weighted by Crippen LogP contribution is -2.43. The third-order valence-electron chi connectivity index (χ3n) is 2.85. The molecule has 0 saturated heterocycles. The lowest BCUT2D eigenvalue weighted by molar-refractivity contribution is -0.894. The summed E-state index contributed by atoms with van der Waals surface area (Å²) in [6.45, 7) is 4.59. The van der Waals surface area contributed by atoms with E-state index in [0.717, 1.165) is 10.5 Å². The van der Waals surface area contributed by atoms with Gasteiger partial charge in [0.25, 0.3) is 0 Å². The molecule has 0 N–H and O–H groups in total. The first-order chi connectivity index (χ1) is 5.98. The fraction of sp³-hybridized carbons (Fsp3) is 0.917. The van der Waals surface area contributed by atoms with E-state index in [2.05, 4.69) is 41.4 Å². The number of nitrogens with zero attached hydrogens (tertiary/aromatic N) is 1. The summed E-state index contributed by atoms with van der Waals surface area (Å²) in [6, 6.07) is 0.787. The van der Waals surface area contributed by atoms with Gasteiger partial charge in [0.2, 0.25) is 0 Å². The number of hydrogen-bond acceptors (Lipinski definition) is 0. The summed E-state index contributed by atoms with van der Waals surface area (Å²) in [7, 11) is 6.83. The van der Waals surface area contributed by atoms with Crippen LogP contribution >= 0.6 is 0 Å². The second kappa shape index (κ2) is 6.42. The molecule has 13 heavy (non-hydrogen) atoms. The zero-order valence-electron chi connectivity index (χ0n) is 10.1. The van der Waals surface area contributed by atoms with E-state index in [1.807, 2.05) is 0 Å². The second-order valence-corrected chi connectivity index (χ2v) is 4.97. The fourth-order valence-corrected chi connectivity index (χ4v) is 1.29. The molecule has 0 amide bonds. The Morgan fingerprint density at radius 1 is 1.15 bits per heavy atom. The molecule has 1 unspecified atom stereocenters. The number of unbranched alkanes of at least 4 members (excludes halogenated alkanes) is 4. The second-order valence-electron chi connectivity index (χ2n) is 4.97. The number of quaternary nitrogens is 1. The van der Waals surface area contributed by atoms with Gasteiger partial charge in [-0.3, -0.25) is 0 Å². The molecule has 0 rings (SSSR count). The predicted molar refractivity (Wildman–Crippen MR) is 60.6 cm³/mol. The van der Waals surface area contributed by atoms with Gasteiger partial charge < -0.3 is 4.48 Å². The Morgan fingerprint density at radius 2 is 1.77 bits per heavy atom. The van der Waals surface area contributed by atoms with Crippen molar-refractivity contribution in [1.82, 2.24) is 0 Å². The van der Waals surface area contributed by atoms with Gasteiger partial charge in [-0.05, 0) is 32.6 Å². The molecule has 0 aromatic heterocycles. The van der Waals surface area contributed by atoms with E-state index in [-0.39, 0.29) is 0 Å². The molecular formula is C12H27N+. The molecule has 79 valence electrons. The summed E-state index contributed by atoms with van der Waals surface area (Å²) in [5.41, 5.74) is 0. The highest BCUT2D eigenvalue weighted by Crippen LogP contribution is 2.12. The Kier molecular flexibility index (Phi) is 6.40. The van der Waals surface area contributed by atoms with Gasteiger partial charge >= 0.3 is 0 Å². The first kappa shape index (κ1) is 13.0. The standard InChI is InChI=1S/C12H27N/c1-6-7-8-9-10-11-12(2)13(3,4)5/h8,12H,6-7,9-11H2,1-5H3/q+1. The third-order valence-corrected chi connectivity index (χ3v) is 2.85. The molecule has 0 aromatic carbocycles. The molecule has 0 heterocycles. The van der Waals surface area contributed by atoms with Crippen molar-refractivity contribution in [2.45, 2.75) is 52.0 Å². The number of rotatable bonds is 7. The average molecular weight is 185 g/mol. The van der Waals surface area contributed by atoms with Crippen LogP contribution in [0.4, 0.5) is 0 Å². The molecule has 0 bridgehead atoms. The van der Waals surface area contributed by atoms with Crippen LogP contribution in [0.3, 0.4) is 0 Å². The van der Waals surface area contributed by atoms with E-state index < -0.39 is 0 Å². The van der Waals surface area contributed by atoms with Gasteiger partial charge in [-0.15, -0.1) is 0 Å². The highest BCUT2D eigenvalue weighted by molar-refractivity contribution is 4.64. The predicted octanol–water partition coefficient (Wildman–Crippen LogP) is 3.26. The van der Waals surface area contributed by atoms with Gasteiger partial charge in [-0.2, -0.15) is 0 Å². The minimum absolute atomic E-state index is 0.787. The average Bonchev–Trinajstić information content (AvgIpc) is 2.02. The smallest absolute Gasteiger partial charge is 0.0855 e. The molecule has 0 aliphatic carbocycles. The molecule has 0 aliphatic rings. The summed E-state index contributed by atoms with van der Waals surface area (Å²) < 4.78 is 1.09. The summed E-state index contributed by atoms with van der Waals surface area (Å²) in [5.74, 6) is 0. The van der Waals surface area contributed by atoms with Crippen LogP contribution in [0.15, 0.2) is 0 Å². The van der Waals surface area contributed by atoms with E-state index in [1.54, 1.807) is 0 Å². The monoisotopic (exact) mass is 185 g/mol. The van der Waals surface area contributed by atoms with Crippen molar-refractivity contribution in [3.8, 4) is 0 Å². The zero-order valence-corrected chi connectivity index (χ0v) is 10.1. The molecule has 0 saturated carbocycles. The maximum Gasteiger partial charge on any atom is 0.0855 e. The van der Waals surface area contributed by atoms with Crippen LogP contribution < -0.4 is 0 Å².